The Hall–Kier alpha value is -4.14. The van der Waals surface area contributed by atoms with Crippen LogP contribution in [0.5, 0.6) is 5.75 Å². The first-order valence-corrected chi connectivity index (χ1v) is 8.66. The molecule has 0 saturated carbocycles. The van der Waals surface area contributed by atoms with Gasteiger partial charge in [0.2, 0.25) is 0 Å². The molecular weight excluding hydrogens is 396 g/mol. The van der Waals surface area contributed by atoms with E-state index in [-0.39, 0.29) is 39.2 Å². The molecule has 0 spiro atoms. The fraction of sp³-hybridized carbons (Fsp3) is 0.0476. The van der Waals surface area contributed by atoms with E-state index in [1.165, 1.54) is 43.6 Å². The molecule has 0 amide bonds. The third kappa shape index (κ3) is 3.06. The molecule has 0 radical (unpaired) electrons. The van der Waals surface area contributed by atoms with Gasteiger partial charge in [-0.2, -0.15) is 9.78 Å². The zero-order valence-corrected chi connectivity index (χ0v) is 15.5. The highest BCUT2D eigenvalue weighted by Crippen LogP contribution is 2.31. The number of carbonyl (C=O) groups excluding carboxylic acids is 1. The molecule has 0 aliphatic carbocycles. The maximum atomic E-state index is 14.6. The largest absolute Gasteiger partial charge is 0.496 e. The summed E-state index contributed by atoms with van der Waals surface area (Å²) in [4.78, 5) is 28.4. The highest BCUT2D eigenvalue weighted by atomic mass is 19.1. The molecule has 4 rings (SSSR count). The Morgan fingerprint density at radius 2 is 1.87 bits per heavy atom. The number of benzene rings is 2. The molecule has 1 N–H and O–H groups in total. The van der Waals surface area contributed by atoms with E-state index in [4.69, 9.17) is 9.84 Å². The number of pyridine rings is 1. The summed E-state index contributed by atoms with van der Waals surface area (Å²) in [6.45, 7) is 0. The summed E-state index contributed by atoms with van der Waals surface area (Å²) in [5, 5.41) is 13.2. The summed E-state index contributed by atoms with van der Waals surface area (Å²) in [5.74, 6) is -3.73. The topological polar surface area (TPSA) is 94.3 Å². The number of halogens is 2. The van der Waals surface area contributed by atoms with Crippen molar-refractivity contribution in [2.75, 3.05) is 7.11 Å². The van der Waals surface area contributed by atoms with Crippen molar-refractivity contribution in [3.05, 3.63) is 77.5 Å². The molecule has 9 heteroatoms. The molecule has 0 aliphatic rings. The smallest absolute Gasteiger partial charge is 0.335 e. The average molecular weight is 409 g/mol. The molecule has 30 heavy (non-hydrogen) atoms. The first kappa shape index (κ1) is 19.2. The van der Waals surface area contributed by atoms with E-state index in [9.17, 15) is 18.4 Å². The van der Waals surface area contributed by atoms with Crippen LogP contribution in [0.3, 0.4) is 0 Å². The molecule has 150 valence electrons. The second-order valence-electron chi connectivity index (χ2n) is 6.25. The van der Waals surface area contributed by atoms with Gasteiger partial charge in [0.15, 0.2) is 0 Å². The summed E-state index contributed by atoms with van der Waals surface area (Å²) >= 11 is 0. The Morgan fingerprint density at radius 1 is 1.07 bits per heavy atom. The van der Waals surface area contributed by atoms with E-state index >= 15 is 0 Å². The van der Waals surface area contributed by atoms with Crippen LogP contribution in [0.25, 0.3) is 22.3 Å². The molecule has 0 unspecified atom stereocenters. The number of aromatic nitrogens is 3. The Bertz CT molecular complexity index is 1320. The molecular formula is C21H13F2N3O4. The fourth-order valence-electron chi connectivity index (χ4n) is 3.12. The van der Waals surface area contributed by atoms with Crippen molar-refractivity contribution < 1.29 is 28.2 Å². The van der Waals surface area contributed by atoms with Crippen molar-refractivity contribution in [1.82, 2.24) is 14.8 Å². The number of ether oxygens (including phenoxy) is 1. The number of hydrogen-bond donors (Lipinski definition) is 1. The molecule has 0 saturated heterocycles. The SMILES string of the molecule is COc1cccc(F)c1C(=O)n1nc(-c2ccc(C(=O)O)cc2F)c2ncccc21. The number of rotatable bonds is 4. The molecule has 2 heterocycles. The van der Waals surface area contributed by atoms with Crippen LogP contribution in [-0.4, -0.2) is 38.9 Å². The second-order valence-corrected chi connectivity index (χ2v) is 6.25. The minimum atomic E-state index is -1.28. The summed E-state index contributed by atoms with van der Waals surface area (Å²) < 4.78 is 35.1. The van der Waals surface area contributed by atoms with E-state index in [0.29, 0.717) is 0 Å². The highest BCUT2D eigenvalue weighted by molar-refractivity contribution is 6.05. The summed E-state index contributed by atoms with van der Waals surface area (Å²) in [6.07, 6.45) is 1.44. The van der Waals surface area contributed by atoms with Gasteiger partial charge in [0.25, 0.3) is 5.91 Å². The van der Waals surface area contributed by atoms with Gasteiger partial charge in [-0.1, -0.05) is 6.07 Å². The predicted octanol–water partition coefficient (Wildman–Crippen LogP) is 3.77. The zero-order chi connectivity index (χ0) is 21.4. The van der Waals surface area contributed by atoms with Crippen molar-refractivity contribution >= 4 is 22.9 Å². The molecule has 7 nitrogen and oxygen atoms in total. The van der Waals surface area contributed by atoms with Gasteiger partial charge >= 0.3 is 5.97 Å². The number of aromatic carboxylic acids is 1. The van der Waals surface area contributed by atoms with Crippen molar-refractivity contribution in [1.29, 1.82) is 0 Å². The monoisotopic (exact) mass is 409 g/mol. The van der Waals surface area contributed by atoms with Crippen LogP contribution in [-0.2, 0) is 0 Å². The van der Waals surface area contributed by atoms with Crippen LogP contribution in [0.1, 0.15) is 20.7 Å². The zero-order valence-electron chi connectivity index (χ0n) is 15.5. The molecule has 0 atom stereocenters. The van der Waals surface area contributed by atoms with E-state index < -0.39 is 23.5 Å². The fourth-order valence-corrected chi connectivity index (χ4v) is 3.12. The maximum Gasteiger partial charge on any atom is 0.335 e. The number of fused-ring (bicyclic) bond motifs is 1. The van der Waals surface area contributed by atoms with Gasteiger partial charge in [0.05, 0.1) is 18.2 Å². The lowest BCUT2D eigenvalue weighted by atomic mass is 10.1. The normalized spacial score (nSPS) is 10.9. The Labute approximate surface area is 168 Å². The predicted molar refractivity (Wildman–Crippen MR) is 103 cm³/mol. The van der Waals surface area contributed by atoms with Crippen molar-refractivity contribution in [3.63, 3.8) is 0 Å². The number of nitrogens with zero attached hydrogens (tertiary/aromatic N) is 3. The van der Waals surface area contributed by atoms with Crippen LogP contribution >= 0.6 is 0 Å². The standard InChI is InChI=1S/C21H13F2N3O4/c1-30-16-6-2-4-13(22)17(16)20(27)26-15-5-3-9-24-19(15)18(25-26)12-8-7-11(21(28)29)10-14(12)23/h2-10H,1H3,(H,28,29). The first-order chi connectivity index (χ1) is 14.4. The third-order valence-corrected chi connectivity index (χ3v) is 4.51. The van der Waals surface area contributed by atoms with E-state index in [1.807, 2.05) is 0 Å². The van der Waals surface area contributed by atoms with Crippen molar-refractivity contribution in [2.45, 2.75) is 0 Å². The number of methoxy groups -OCH3 is 1. The van der Waals surface area contributed by atoms with Gasteiger partial charge in [0, 0.05) is 11.8 Å². The van der Waals surface area contributed by atoms with E-state index in [2.05, 4.69) is 10.1 Å². The molecule has 4 aromatic rings. The third-order valence-electron chi connectivity index (χ3n) is 4.51. The number of carboxylic acids is 1. The van der Waals surface area contributed by atoms with Gasteiger partial charge in [-0.25, -0.2) is 13.6 Å². The van der Waals surface area contributed by atoms with Crippen LogP contribution in [0, 0.1) is 11.6 Å². The number of hydrogen-bond acceptors (Lipinski definition) is 5. The Balaban J connectivity index is 1.93. The van der Waals surface area contributed by atoms with Crippen molar-refractivity contribution in [2.24, 2.45) is 0 Å². The van der Waals surface area contributed by atoms with Crippen molar-refractivity contribution in [3.8, 4) is 17.0 Å². The average Bonchev–Trinajstić information content (AvgIpc) is 3.12. The number of carbonyl (C=O) groups is 2. The van der Waals surface area contributed by atoms with Gasteiger partial charge in [-0.05, 0) is 42.5 Å². The molecule has 0 bridgehead atoms. The summed E-state index contributed by atoms with van der Waals surface area (Å²) in [7, 11) is 1.30. The van der Waals surface area contributed by atoms with Crippen LogP contribution in [0.15, 0.2) is 54.7 Å². The lowest BCUT2D eigenvalue weighted by Crippen LogP contribution is -2.16. The van der Waals surface area contributed by atoms with E-state index in [1.54, 1.807) is 6.07 Å². The first-order valence-electron chi connectivity index (χ1n) is 8.66. The highest BCUT2D eigenvalue weighted by Gasteiger charge is 2.25. The van der Waals surface area contributed by atoms with Crippen LogP contribution in [0.4, 0.5) is 8.78 Å². The summed E-state index contributed by atoms with van der Waals surface area (Å²) in [5.41, 5.74) is -0.172. The quantitative estimate of drug-likeness (QED) is 0.551. The van der Waals surface area contributed by atoms with Gasteiger partial charge in [-0.3, -0.25) is 9.78 Å². The molecule has 2 aromatic carbocycles. The molecule has 0 aliphatic heterocycles. The minimum Gasteiger partial charge on any atom is -0.496 e. The lowest BCUT2D eigenvalue weighted by molar-refractivity contribution is 0.0696. The van der Waals surface area contributed by atoms with Gasteiger partial charge < -0.3 is 9.84 Å². The maximum absolute atomic E-state index is 14.6. The summed E-state index contributed by atoms with van der Waals surface area (Å²) in [6, 6.07) is 10.4. The van der Waals surface area contributed by atoms with Crippen LogP contribution < -0.4 is 4.74 Å². The van der Waals surface area contributed by atoms with Gasteiger partial charge in [-0.15, -0.1) is 0 Å². The Morgan fingerprint density at radius 3 is 2.57 bits per heavy atom. The molecule has 2 aromatic heterocycles. The minimum absolute atomic E-state index is 0.0173. The van der Waals surface area contributed by atoms with Gasteiger partial charge in [0.1, 0.15) is 34.2 Å². The second kappa shape index (κ2) is 7.36. The van der Waals surface area contributed by atoms with E-state index in [0.717, 1.165) is 16.8 Å². The Kier molecular flexibility index (Phi) is 4.71. The molecule has 0 fully saturated rings. The lowest BCUT2D eigenvalue weighted by Gasteiger charge is -2.08. The number of carboxylic acid groups (broad SMARTS) is 1. The van der Waals surface area contributed by atoms with Crippen LogP contribution in [0.2, 0.25) is 0 Å².